The van der Waals surface area contributed by atoms with Crippen LogP contribution in [0.5, 0.6) is 0 Å². The topological polar surface area (TPSA) is 64.7 Å². The average Bonchev–Trinajstić information content (AvgIpc) is 3.10. The zero-order valence-corrected chi connectivity index (χ0v) is 12.8. The number of hydrogen-bond acceptors (Lipinski definition) is 3. The minimum absolute atomic E-state index is 0.269. The molecule has 0 radical (unpaired) electrons. The third kappa shape index (κ3) is 2.87. The summed E-state index contributed by atoms with van der Waals surface area (Å²) in [5.74, 6) is 0.354. The first kappa shape index (κ1) is 13.6. The lowest BCUT2D eigenvalue weighted by molar-refractivity contribution is 0.102. The van der Waals surface area contributed by atoms with E-state index in [9.17, 15) is 4.79 Å². The lowest BCUT2D eigenvalue weighted by Crippen LogP contribution is -2.14. The Bertz CT molecular complexity index is 775. The van der Waals surface area contributed by atoms with Crippen molar-refractivity contribution >= 4 is 27.7 Å². The quantitative estimate of drug-likeness (QED) is 0.793. The van der Waals surface area contributed by atoms with Gasteiger partial charge in [-0.2, -0.15) is 5.10 Å². The van der Waals surface area contributed by atoms with E-state index in [1.165, 1.54) is 0 Å². The Kier molecular flexibility index (Phi) is 3.57. The van der Waals surface area contributed by atoms with Gasteiger partial charge in [-0.25, -0.2) is 4.98 Å². The Hall–Kier alpha value is -2.41. The van der Waals surface area contributed by atoms with E-state index >= 15 is 0 Å². The lowest BCUT2D eigenvalue weighted by atomic mass is 10.3. The van der Waals surface area contributed by atoms with E-state index in [1.54, 1.807) is 41.1 Å². The number of halogens is 1. The molecular formula is C14H12BrN5O. The molecule has 3 aromatic rings. The first-order valence-electron chi connectivity index (χ1n) is 6.23. The molecular weight excluding hydrogens is 334 g/mol. The van der Waals surface area contributed by atoms with Gasteiger partial charge in [0.15, 0.2) is 0 Å². The van der Waals surface area contributed by atoms with Gasteiger partial charge in [-0.3, -0.25) is 9.48 Å². The number of nitrogens with one attached hydrogen (secondary N) is 1. The molecule has 106 valence electrons. The lowest BCUT2D eigenvalue weighted by Gasteiger charge is -2.03. The third-order valence-electron chi connectivity index (χ3n) is 3.00. The number of hydrogen-bond donors (Lipinski definition) is 1. The summed E-state index contributed by atoms with van der Waals surface area (Å²) in [4.78, 5) is 16.3. The summed E-state index contributed by atoms with van der Waals surface area (Å²) in [5.41, 5.74) is 1.28. The van der Waals surface area contributed by atoms with Gasteiger partial charge in [-0.1, -0.05) is 15.9 Å². The molecule has 1 N–H and O–H groups in total. The van der Waals surface area contributed by atoms with Crippen LogP contribution >= 0.6 is 15.9 Å². The number of rotatable bonds is 3. The fourth-order valence-electron chi connectivity index (χ4n) is 1.87. The fraction of sp³-hybridized carbons (Fsp3) is 0.0714. The maximum atomic E-state index is 12.1. The number of imidazole rings is 1. The second-order valence-electron chi connectivity index (χ2n) is 4.44. The molecule has 2 heterocycles. The van der Waals surface area contributed by atoms with E-state index in [0.29, 0.717) is 11.5 Å². The molecule has 0 bridgehead atoms. The molecule has 7 heteroatoms. The zero-order valence-electron chi connectivity index (χ0n) is 11.2. The van der Waals surface area contributed by atoms with Crippen molar-refractivity contribution in [3.05, 3.63) is 59.2 Å². The molecule has 0 aliphatic rings. The average molecular weight is 346 g/mol. The van der Waals surface area contributed by atoms with E-state index in [1.807, 2.05) is 24.3 Å². The van der Waals surface area contributed by atoms with Gasteiger partial charge < -0.3 is 9.88 Å². The van der Waals surface area contributed by atoms with E-state index in [2.05, 4.69) is 31.3 Å². The number of aryl methyl sites for hydroxylation is 1. The van der Waals surface area contributed by atoms with Crippen LogP contribution in [0.1, 0.15) is 10.5 Å². The van der Waals surface area contributed by atoms with Gasteiger partial charge in [0, 0.05) is 29.5 Å². The SMILES string of the molecule is Cn1nccc1NC(=O)c1cn(-c2ccc(Br)cc2)cn1. The van der Waals surface area contributed by atoms with E-state index in [0.717, 1.165) is 10.2 Å². The van der Waals surface area contributed by atoms with Gasteiger partial charge in [-0.15, -0.1) is 0 Å². The van der Waals surface area contributed by atoms with Crippen LogP contribution < -0.4 is 5.32 Å². The summed E-state index contributed by atoms with van der Waals surface area (Å²) in [7, 11) is 1.76. The third-order valence-corrected chi connectivity index (χ3v) is 3.53. The monoisotopic (exact) mass is 345 g/mol. The summed E-state index contributed by atoms with van der Waals surface area (Å²) >= 11 is 3.39. The minimum atomic E-state index is -0.269. The zero-order chi connectivity index (χ0) is 14.8. The molecule has 0 spiro atoms. The molecule has 1 aromatic carbocycles. The van der Waals surface area contributed by atoms with Crippen LogP contribution in [0.15, 0.2) is 53.5 Å². The Morgan fingerprint density at radius 2 is 2.00 bits per heavy atom. The van der Waals surface area contributed by atoms with Crippen LogP contribution in [0.3, 0.4) is 0 Å². The predicted molar refractivity (Wildman–Crippen MR) is 82.4 cm³/mol. The number of carbonyl (C=O) groups excluding carboxylic acids is 1. The highest BCUT2D eigenvalue weighted by Crippen LogP contribution is 2.15. The van der Waals surface area contributed by atoms with Crippen LogP contribution in [0.4, 0.5) is 5.82 Å². The van der Waals surface area contributed by atoms with Crippen LogP contribution in [0.2, 0.25) is 0 Å². The molecule has 0 aliphatic heterocycles. The Labute approximate surface area is 129 Å². The second kappa shape index (κ2) is 5.53. The summed E-state index contributed by atoms with van der Waals surface area (Å²) in [5, 5.41) is 6.75. The summed E-state index contributed by atoms with van der Waals surface area (Å²) in [6, 6.07) is 9.47. The number of benzene rings is 1. The molecule has 1 amide bonds. The van der Waals surface area contributed by atoms with Crippen LogP contribution in [0.25, 0.3) is 5.69 Å². The van der Waals surface area contributed by atoms with Crippen LogP contribution in [-0.2, 0) is 7.05 Å². The molecule has 2 aromatic heterocycles. The molecule has 0 fully saturated rings. The Balaban J connectivity index is 1.80. The molecule has 0 saturated carbocycles. The molecule has 0 atom stereocenters. The molecule has 3 rings (SSSR count). The van der Waals surface area contributed by atoms with Crippen LogP contribution in [0, 0.1) is 0 Å². The van der Waals surface area contributed by atoms with Gasteiger partial charge in [0.05, 0.1) is 6.20 Å². The Morgan fingerprint density at radius 1 is 1.24 bits per heavy atom. The summed E-state index contributed by atoms with van der Waals surface area (Å²) in [6.07, 6.45) is 4.92. The van der Waals surface area contributed by atoms with E-state index in [4.69, 9.17) is 0 Å². The van der Waals surface area contributed by atoms with Gasteiger partial charge in [-0.05, 0) is 24.3 Å². The normalized spacial score (nSPS) is 10.6. The number of carbonyl (C=O) groups is 1. The van der Waals surface area contributed by atoms with Crippen LogP contribution in [-0.4, -0.2) is 25.2 Å². The van der Waals surface area contributed by atoms with Gasteiger partial charge in [0.2, 0.25) is 0 Å². The molecule has 0 aliphatic carbocycles. The number of aromatic nitrogens is 4. The first-order valence-corrected chi connectivity index (χ1v) is 7.02. The van der Waals surface area contributed by atoms with Gasteiger partial charge in [0.25, 0.3) is 5.91 Å². The smallest absolute Gasteiger partial charge is 0.277 e. The molecule has 0 unspecified atom stereocenters. The highest BCUT2D eigenvalue weighted by atomic mass is 79.9. The fourth-order valence-corrected chi connectivity index (χ4v) is 2.14. The van der Waals surface area contributed by atoms with Gasteiger partial charge in [0.1, 0.15) is 17.8 Å². The standard InChI is InChI=1S/C14H12BrN5O/c1-19-13(6-7-17-19)18-14(21)12-8-20(9-16-12)11-4-2-10(15)3-5-11/h2-9H,1H3,(H,18,21). The van der Waals surface area contributed by atoms with Crippen molar-refractivity contribution in [1.82, 2.24) is 19.3 Å². The molecule has 21 heavy (non-hydrogen) atoms. The predicted octanol–water partition coefficient (Wildman–Crippen LogP) is 2.62. The number of anilines is 1. The summed E-state index contributed by atoms with van der Waals surface area (Å²) < 4.78 is 4.38. The highest BCUT2D eigenvalue weighted by Gasteiger charge is 2.11. The van der Waals surface area contributed by atoms with Crippen molar-refractivity contribution in [3.63, 3.8) is 0 Å². The van der Waals surface area contributed by atoms with Crippen molar-refractivity contribution < 1.29 is 4.79 Å². The van der Waals surface area contributed by atoms with Crippen molar-refractivity contribution in [2.75, 3.05) is 5.32 Å². The Morgan fingerprint density at radius 3 is 2.67 bits per heavy atom. The number of nitrogens with zero attached hydrogens (tertiary/aromatic N) is 4. The summed E-state index contributed by atoms with van der Waals surface area (Å²) in [6.45, 7) is 0. The first-order chi connectivity index (χ1) is 10.1. The minimum Gasteiger partial charge on any atom is -0.305 e. The highest BCUT2D eigenvalue weighted by molar-refractivity contribution is 9.10. The molecule has 0 saturated heterocycles. The van der Waals surface area contributed by atoms with E-state index < -0.39 is 0 Å². The second-order valence-corrected chi connectivity index (χ2v) is 5.35. The van der Waals surface area contributed by atoms with Crippen molar-refractivity contribution in [2.24, 2.45) is 7.05 Å². The van der Waals surface area contributed by atoms with Crippen molar-refractivity contribution in [2.45, 2.75) is 0 Å². The van der Waals surface area contributed by atoms with Crippen molar-refractivity contribution in [1.29, 1.82) is 0 Å². The maximum absolute atomic E-state index is 12.1. The number of amides is 1. The maximum Gasteiger partial charge on any atom is 0.277 e. The largest absolute Gasteiger partial charge is 0.305 e. The molecule has 6 nitrogen and oxygen atoms in total. The van der Waals surface area contributed by atoms with Crippen molar-refractivity contribution in [3.8, 4) is 5.69 Å². The van der Waals surface area contributed by atoms with E-state index in [-0.39, 0.29) is 5.91 Å². The van der Waals surface area contributed by atoms with Gasteiger partial charge >= 0.3 is 0 Å².